The van der Waals surface area contributed by atoms with Crippen LogP contribution in [0.4, 0.5) is 0 Å². The van der Waals surface area contributed by atoms with Gasteiger partial charge in [0, 0.05) is 6.42 Å². The Balaban J connectivity index is 0.00000178. The van der Waals surface area contributed by atoms with Crippen LogP contribution < -0.4 is 10.6 Å². The highest BCUT2D eigenvalue weighted by Gasteiger charge is 2.04. The summed E-state index contributed by atoms with van der Waals surface area (Å²) in [6, 6.07) is 0. The molecular weight excluding hydrogens is 324 g/mol. The summed E-state index contributed by atoms with van der Waals surface area (Å²) < 4.78 is 5.14. The van der Waals surface area contributed by atoms with Crippen LogP contribution >= 0.6 is 0 Å². The third-order valence-corrected chi connectivity index (χ3v) is 3.99. The van der Waals surface area contributed by atoms with Crippen LogP contribution in [0.2, 0.25) is 0 Å². The molecule has 7 nitrogen and oxygen atoms in total. The van der Waals surface area contributed by atoms with Crippen LogP contribution in [0.25, 0.3) is 0 Å². The molecule has 1 saturated heterocycles. The zero-order valence-electron chi connectivity index (χ0n) is 15.3. The number of hydrogen-bond acceptors (Lipinski definition) is 5. The van der Waals surface area contributed by atoms with Gasteiger partial charge in [0.15, 0.2) is 0 Å². The molecule has 0 spiro atoms. The smallest absolute Gasteiger partial charge is 0.319 e. The van der Waals surface area contributed by atoms with Crippen molar-refractivity contribution in [2.75, 3.05) is 19.8 Å². The van der Waals surface area contributed by atoms with Gasteiger partial charge in [0.2, 0.25) is 5.91 Å². The fourth-order valence-electron chi connectivity index (χ4n) is 2.63. The van der Waals surface area contributed by atoms with Crippen LogP contribution in [0, 0.1) is 0 Å². The van der Waals surface area contributed by atoms with Gasteiger partial charge in [0.1, 0.15) is 0 Å². The van der Waals surface area contributed by atoms with Gasteiger partial charge in [-0.2, -0.15) is 0 Å². The Bertz CT molecular complexity index is 320. The van der Waals surface area contributed by atoms with E-state index in [-0.39, 0.29) is 24.9 Å². The Morgan fingerprint density at radius 1 is 0.840 bits per heavy atom. The lowest BCUT2D eigenvalue weighted by molar-refractivity contribution is -0.142. The van der Waals surface area contributed by atoms with Gasteiger partial charge in [-0.3, -0.25) is 19.7 Å². The minimum Gasteiger partial charge on any atom is -0.483 e. The summed E-state index contributed by atoms with van der Waals surface area (Å²) in [6.45, 7) is 0.737. The summed E-state index contributed by atoms with van der Waals surface area (Å²) in [5, 5.41) is 12.5. The average molecular weight is 358 g/mol. The zero-order chi connectivity index (χ0) is 18.6. The van der Waals surface area contributed by atoms with E-state index in [1.807, 2.05) is 0 Å². The van der Waals surface area contributed by atoms with Gasteiger partial charge in [-0.1, -0.05) is 57.8 Å². The molecule has 0 aromatic rings. The first-order chi connectivity index (χ1) is 12.2. The molecule has 0 aromatic heterocycles. The predicted molar refractivity (Wildman–Crippen MR) is 96.1 cm³/mol. The molecule has 1 heterocycles. The molecule has 1 fully saturated rings. The molecule has 25 heavy (non-hydrogen) atoms. The number of esters is 1. The van der Waals surface area contributed by atoms with E-state index >= 15 is 0 Å². The van der Waals surface area contributed by atoms with Gasteiger partial charge in [-0.15, -0.1) is 0 Å². The van der Waals surface area contributed by atoms with Crippen LogP contribution in [0.3, 0.4) is 0 Å². The highest BCUT2D eigenvalue weighted by molar-refractivity contribution is 5.76. The van der Waals surface area contributed by atoms with Gasteiger partial charge in [0.25, 0.3) is 6.47 Å². The topological polar surface area (TPSA) is 105 Å². The number of cyclic esters (lactones) is 1. The van der Waals surface area contributed by atoms with Crippen molar-refractivity contribution < 1.29 is 24.2 Å². The lowest BCUT2D eigenvalue weighted by Crippen LogP contribution is -2.36. The van der Waals surface area contributed by atoms with Gasteiger partial charge in [-0.05, 0) is 12.8 Å². The summed E-state index contributed by atoms with van der Waals surface area (Å²) in [5.74, 6) is -0.195. The Hall–Kier alpha value is -1.63. The highest BCUT2D eigenvalue weighted by atomic mass is 16.5. The summed E-state index contributed by atoms with van der Waals surface area (Å²) in [4.78, 5) is 31.4. The Labute approximate surface area is 150 Å². The molecule has 0 saturated carbocycles. The number of carboxylic acid groups (broad SMARTS) is 1. The lowest BCUT2D eigenvalue weighted by Gasteiger charge is -2.08. The van der Waals surface area contributed by atoms with Crippen molar-refractivity contribution >= 4 is 18.3 Å². The molecule has 1 amide bonds. The van der Waals surface area contributed by atoms with Crippen molar-refractivity contribution in [3.63, 3.8) is 0 Å². The summed E-state index contributed by atoms with van der Waals surface area (Å²) in [6.07, 6.45) is 13.7. The van der Waals surface area contributed by atoms with Crippen molar-refractivity contribution in [2.24, 2.45) is 0 Å². The van der Waals surface area contributed by atoms with Crippen molar-refractivity contribution in [3.05, 3.63) is 0 Å². The van der Waals surface area contributed by atoms with E-state index in [0.29, 0.717) is 19.7 Å². The standard InChI is InChI=1S/C17H32N2O3.CH2O2/c20-16-12-10-8-6-4-2-1-3-5-7-9-11-13-22-17(21)14-18-15-19-16;2-1-3/h18H,1-15H2,(H,19,20);1H,(H,2,3). The van der Waals surface area contributed by atoms with E-state index in [1.54, 1.807) is 0 Å². The van der Waals surface area contributed by atoms with Crippen LogP contribution in [0.5, 0.6) is 0 Å². The van der Waals surface area contributed by atoms with E-state index in [0.717, 1.165) is 25.7 Å². The summed E-state index contributed by atoms with van der Waals surface area (Å²) in [5.41, 5.74) is 0. The van der Waals surface area contributed by atoms with E-state index in [4.69, 9.17) is 14.6 Å². The quantitative estimate of drug-likeness (QED) is 0.454. The second-order valence-corrected chi connectivity index (χ2v) is 6.17. The normalized spacial score (nSPS) is 20.2. The number of carbonyl (C=O) groups excluding carboxylic acids is 2. The Kier molecular flexibility index (Phi) is 17.5. The first-order valence-electron chi connectivity index (χ1n) is 9.41. The SMILES string of the molecule is O=C1CCCCCCCCCCCCCOC(=O)CNCN1.O=CO. The van der Waals surface area contributed by atoms with Crippen molar-refractivity contribution in [1.29, 1.82) is 0 Å². The number of amides is 1. The van der Waals surface area contributed by atoms with Crippen molar-refractivity contribution in [3.8, 4) is 0 Å². The first-order valence-corrected chi connectivity index (χ1v) is 9.41. The van der Waals surface area contributed by atoms with Crippen molar-refractivity contribution in [1.82, 2.24) is 10.6 Å². The van der Waals surface area contributed by atoms with Crippen LogP contribution in [-0.4, -0.2) is 43.3 Å². The maximum atomic E-state index is 11.6. The molecule has 0 bridgehead atoms. The molecule has 3 N–H and O–H groups in total. The molecule has 0 unspecified atom stereocenters. The molecule has 0 radical (unpaired) electrons. The van der Waals surface area contributed by atoms with Crippen molar-refractivity contribution in [2.45, 2.75) is 77.0 Å². The predicted octanol–water partition coefficient (Wildman–Crippen LogP) is 2.59. The number of ether oxygens (including phenoxy) is 1. The van der Waals surface area contributed by atoms with Gasteiger partial charge < -0.3 is 15.2 Å². The van der Waals surface area contributed by atoms with Gasteiger partial charge >= 0.3 is 5.97 Å². The van der Waals surface area contributed by atoms with Crippen LogP contribution in [0.15, 0.2) is 0 Å². The van der Waals surface area contributed by atoms with Crippen LogP contribution in [-0.2, 0) is 19.1 Å². The summed E-state index contributed by atoms with van der Waals surface area (Å²) in [7, 11) is 0. The molecule has 146 valence electrons. The molecule has 0 aliphatic carbocycles. The lowest BCUT2D eigenvalue weighted by atomic mass is 10.1. The third kappa shape index (κ3) is 18.5. The third-order valence-electron chi connectivity index (χ3n) is 3.99. The summed E-state index contributed by atoms with van der Waals surface area (Å²) >= 11 is 0. The largest absolute Gasteiger partial charge is 0.483 e. The van der Waals surface area contributed by atoms with E-state index < -0.39 is 0 Å². The number of carbonyl (C=O) groups is 3. The number of nitrogens with one attached hydrogen (secondary N) is 2. The molecule has 0 aromatic carbocycles. The second kappa shape index (κ2) is 18.7. The zero-order valence-corrected chi connectivity index (χ0v) is 15.3. The van der Waals surface area contributed by atoms with E-state index in [2.05, 4.69) is 10.6 Å². The van der Waals surface area contributed by atoms with E-state index in [1.165, 1.54) is 44.9 Å². The molecule has 1 rings (SSSR count). The fourth-order valence-corrected chi connectivity index (χ4v) is 2.63. The minimum absolute atomic E-state index is 0.0512. The molecular formula is C18H34N2O5. The molecule has 1 aliphatic heterocycles. The fraction of sp³-hybridized carbons (Fsp3) is 0.833. The minimum atomic E-state index is -0.250. The Morgan fingerprint density at radius 3 is 1.88 bits per heavy atom. The first kappa shape index (κ1) is 23.4. The maximum absolute atomic E-state index is 11.6. The number of hydrogen-bond donors (Lipinski definition) is 3. The van der Waals surface area contributed by atoms with Gasteiger partial charge in [-0.25, -0.2) is 0 Å². The highest BCUT2D eigenvalue weighted by Crippen LogP contribution is 2.12. The maximum Gasteiger partial charge on any atom is 0.319 e. The molecule has 7 heteroatoms. The monoisotopic (exact) mass is 358 g/mol. The average Bonchev–Trinajstić information content (AvgIpc) is 2.59. The van der Waals surface area contributed by atoms with Crippen LogP contribution in [0.1, 0.15) is 77.0 Å². The van der Waals surface area contributed by atoms with Gasteiger partial charge in [0.05, 0.1) is 19.8 Å². The second-order valence-electron chi connectivity index (χ2n) is 6.17. The van der Waals surface area contributed by atoms with E-state index in [9.17, 15) is 9.59 Å². The Morgan fingerprint density at radius 2 is 1.32 bits per heavy atom. The number of rotatable bonds is 0. The molecule has 0 atom stereocenters. The molecule has 1 aliphatic rings.